The van der Waals surface area contributed by atoms with Crippen molar-refractivity contribution in [1.82, 2.24) is 4.90 Å². The molecule has 1 aliphatic heterocycles. The van der Waals surface area contributed by atoms with Gasteiger partial charge in [-0.05, 0) is 18.3 Å². The van der Waals surface area contributed by atoms with Gasteiger partial charge in [0.2, 0.25) is 0 Å². The quantitative estimate of drug-likeness (QED) is 0.604. The summed E-state index contributed by atoms with van der Waals surface area (Å²) in [4.78, 5) is 12.3. The average Bonchev–Trinajstić information content (AvgIpc) is 2.01. The highest BCUT2D eigenvalue weighted by Gasteiger charge is 2.37. The van der Waals surface area contributed by atoms with Crippen LogP contribution in [0.1, 0.15) is 33.6 Å². The van der Waals surface area contributed by atoms with E-state index in [9.17, 15) is 9.90 Å². The Morgan fingerprint density at radius 1 is 1.50 bits per heavy atom. The molecule has 0 radical (unpaired) electrons. The maximum atomic E-state index is 10.9. The van der Waals surface area contributed by atoms with E-state index in [4.69, 9.17) is 5.73 Å². The number of nitrogens with zero attached hydrogens (tertiary/aromatic N) is 1. The molecule has 1 amide bonds. The maximum absolute atomic E-state index is 10.9. The number of likely N-dealkylation sites (tertiary alicyclic amines) is 1. The second kappa shape index (κ2) is 3.77. The summed E-state index contributed by atoms with van der Waals surface area (Å²) in [7, 11) is 0. The first-order valence-electron chi connectivity index (χ1n) is 5.07. The molecule has 0 aromatic rings. The van der Waals surface area contributed by atoms with Crippen molar-refractivity contribution >= 4 is 6.09 Å². The average molecular weight is 199 g/mol. The molecule has 2 atom stereocenters. The summed E-state index contributed by atoms with van der Waals surface area (Å²) in [5, 5.41) is 10.9. The van der Waals surface area contributed by atoms with E-state index < -0.39 is 6.09 Å². The van der Waals surface area contributed by atoms with E-state index in [1.165, 1.54) is 4.90 Å². The summed E-state index contributed by atoms with van der Waals surface area (Å²) >= 11 is 0. The second-order valence-corrected chi connectivity index (χ2v) is 5.08. The van der Waals surface area contributed by atoms with E-state index in [1.54, 1.807) is 0 Å². The molecular formula is C10H19N2O2-. The van der Waals surface area contributed by atoms with E-state index in [1.807, 2.05) is 20.8 Å². The number of piperidine rings is 1. The Morgan fingerprint density at radius 2 is 2.07 bits per heavy atom. The van der Waals surface area contributed by atoms with Crippen LogP contribution in [0.3, 0.4) is 0 Å². The van der Waals surface area contributed by atoms with Gasteiger partial charge in [-0.2, -0.15) is 0 Å². The van der Waals surface area contributed by atoms with Gasteiger partial charge in [-0.25, -0.2) is 0 Å². The van der Waals surface area contributed by atoms with Crippen molar-refractivity contribution in [2.45, 2.75) is 45.7 Å². The van der Waals surface area contributed by atoms with Gasteiger partial charge in [-0.15, -0.1) is 0 Å². The Hall–Kier alpha value is -0.770. The number of hydrogen-bond acceptors (Lipinski definition) is 3. The predicted octanol–water partition coefficient (Wildman–Crippen LogP) is 0.168. The van der Waals surface area contributed by atoms with Crippen molar-refractivity contribution < 1.29 is 9.90 Å². The molecule has 1 rings (SSSR count). The van der Waals surface area contributed by atoms with Crippen LogP contribution in [0.2, 0.25) is 0 Å². The van der Waals surface area contributed by atoms with Gasteiger partial charge in [-0.1, -0.05) is 20.8 Å². The summed E-state index contributed by atoms with van der Waals surface area (Å²) in [6.45, 7) is 6.59. The highest BCUT2D eigenvalue weighted by molar-refractivity contribution is 5.63. The van der Waals surface area contributed by atoms with E-state index in [-0.39, 0.29) is 17.5 Å². The SMILES string of the molecule is CC(C)(C)C1[C@@H](N)CCCN1C(=O)[O-]. The molecule has 0 bridgehead atoms. The molecule has 4 nitrogen and oxygen atoms in total. The monoisotopic (exact) mass is 199 g/mol. The number of rotatable bonds is 0. The minimum Gasteiger partial charge on any atom is -0.530 e. The normalized spacial score (nSPS) is 29.0. The smallest absolute Gasteiger partial charge is 0.137 e. The minimum absolute atomic E-state index is 0.0679. The third kappa shape index (κ3) is 2.18. The van der Waals surface area contributed by atoms with E-state index in [0.717, 1.165) is 12.8 Å². The number of carbonyl (C=O) groups excluding carboxylic acids is 1. The summed E-state index contributed by atoms with van der Waals surface area (Å²) in [6.07, 6.45) is 0.632. The van der Waals surface area contributed by atoms with Crippen LogP contribution in [-0.2, 0) is 0 Å². The van der Waals surface area contributed by atoms with Crippen LogP contribution in [0.5, 0.6) is 0 Å². The van der Waals surface area contributed by atoms with Gasteiger partial charge >= 0.3 is 0 Å². The van der Waals surface area contributed by atoms with Crippen LogP contribution in [0.25, 0.3) is 0 Å². The lowest BCUT2D eigenvalue weighted by atomic mass is 9.78. The summed E-state index contributed by atoms with van der Waals surface area (Å²) in [5.41, 5.74) is 5.84. The Balaban J connectivity index is 2.87. The van der Waals surface area contributed by atoms with Gasteiger partial charge < -0.3 is 20.5 Å². The Labute approximate surface area is 85.1 Å². The highest BCUT2D eigenvalue weighted by Crippen LogP contribution is 2.30. The highest BCUT2D eigenvalue weighted by atomic mass is 16.4. The van der Waals surface area contributed by atoms with Crippen molar-refractivity contribution in [2.75, 3.05) is 6.54 Å². The third-order valence-electron chi connectivity index (χ3n) is 2.80. The molecule has 0 aromatic carbocycles. The zero-order chi connectivity index (χ0) is 10.9. The molecule has 1 heterocycles. The Bertz CT molecular complexity index is 223. The third-order valence-corrected chi connectivity index (χ3v) is 2.80. The lowest BCUT2D eigenvalue weighted by Crippen LogP contribution is -2.62. The fourth-order valence-corrected chi connectivity index (χ4v) is 2.34. The molecule has 0 aliphatic carbocycles. The fraction of sp³-hybridized carbons (Fsp3) is 0.900. The molecule has 2 N–H and O–H groups in total. The van der Waals surface area contributed by atoms with Crippen molar-refractivity contribution in [2.24, 2.45) is 11.1 Å². The minimum atomic E-state index is -1.10. The standard InChI is InChI=1S/C10H20N2O2/c1-10(2,3)8-7(11)5-4-6-12(8)9(13)14/h7-8H,4-6,11H2,1-3H3,(H,13,14)/p-1/t7-,8?/m0/s1. The van der Waals surface area contributed by atoms with Crippen LogP contribution in [0, 0.1) is 5.41 Å². The van der Waals surface area contributed by atoms with Gasteiger partial charge in [0, 0.05) is 12.6 Å². The lowest BCUT2D eigenvalue weighted by molar-refractivity contribution is -0.271. The van der Waals surface area contributed by atoms with Crippen LogP contribution >= 0.6 is 0 Å². The Morgan fingerprint density at radius 3 is 2.43 bits per heavy atom. The van der Waals surface area contributed by atoms with Crippen LogP contribution in [-0.4, -0.2) is 29.6 Å². The van der Waals surface area contributed by atoms with Crippen molar-refractivity contribution in [3.8, 4) is 0 Å². The zero-order valence-corrected chi connectivity index (χ0v) is 9.12. The first-order chi connectivity index (χ1) is 6.34. The summed E-state index contributed by atoms with van der Waals surface area (Å²) < 4.78 is 0. The molecule has 0 spiro atoms. The van der Waals surface area contributed by atoms with E-state index in [2.05, 4.69) is 0 Å². The topological polar surface area (TPSA) is 69.4 Å². The van der Waals surface area contributed by atoms with Crippen LogP contribution in [0.15, 0.2) is 0 Å². The summed E-state index contributed by atoms with van der Waals surface area (Å²) in [6, 6.07) is -0.192. The van der Waals surface area contributed by atoms with Gasteiger partial charge in [-0.3, -0.25) is 0 Å². The van der Waals surface area contributed by atoms with Crippen molar-refractivity contribution in [1.29, 1.82) is 0 Å². The molecule has 1 saturated heterocycles. The molecule has 14 heavy (non-hydrogen) atoms. The van der Waals surface area contributed by atoms with Gasteiger partial charge in [0.05, 0.1) is 6.04 Å². The van der Waals surface area contributed by atoms with Crippen molar-refractivity contribution in [3.63, 3.8) is 0 Å². The van der Waals surface area contributed by atoms with Gasteiger partial charge in [0.25, 0.3) is 0 Å². The van der Waals surface area contributed by atoms with E-state index in [0.29, 0.717) is 6.54 Å². The maximum Gasteiger partial charge on any atom is 0.137 e. The molecular weight excluding hydrogens is 180 g/mol. The Kier molecular flexibility index (Phi) is 3.04. The lowest BCUT2D eigenvalue weighted by Gasteiger charge is -2.48. The molecule has 4 heteroatoms. The number of carbonyl (C=O) groups is 1. The van der Waals surface area contributed by atoms with Crippen LogP contribution < -0.4 is 10.8 Å². The second-order valence-electron chi connectivity index (χ2n) is 5.08. The molecule has 0 saturated carbocycles. The van der Waals surface area contributed by atoms with E-state index >= 15 is 0 Å². The van der Waals surface area contributed by atoms with Crippen molar-refractivity contribution in [3.05, 3.63) is 0 Å². The summed E-state index contributed by atoms with van der Waals surface area (Å²) in [5.74, 6) is 0. The molecule has 82 valence electrons. The molecule has 0 aromatic heterocycles. The number of hydrogen-bond donors (Lipinski definition) is 1. The van der Waals surface area contributed by atoms with Gasteiger partial charge in [0.15, 0.2) is 0 Å². The molecule has 1 aliphatic rings. The number of amides is 1. The predicted molar refractivity (Wildman–Crippen MR) is 52.6 cm³/mol. The first-order valence-corrected chi connectivity index (χ1v) is 5.07. The largest absolute Gasteiger partial charge is 0.530 e. The first kappa shape index (κ1) is 11.3. The number of nitrogens with two attached hydrogens (primary N) is 1. The molecule has 1 unspecified atom stereocenters. The van der Waals surface area contributed by atoms with Crippen LogP contribution in [0.4, 0.5) is 4.79 Å². The fourth-order valence-electron chi connectivity index (χ4n) is 2.34. The molecule has 1 fully saturated rings. The van der Waals surface area contributed by atoms with Gasteiger partial charge in [0.1, 0.15) is 6.09 Å². The number of carboxylic acid groups (broad SMARTS) is 1. The zero-order valence-electron chi connectivity index (χ0n) is 9.12.